The van der Waals surface area contributed by atoms with Gasteiger partial charge < -0.3 is 15.4 Å². The van der Waals surface area contributed by atoms with Crippen LogP contribution >= 0.6 is 0 Å². The maximum absolute atomic E-state index is 12.0. The van der Waals surface area contributed by atoms with Crippen LogP contribution in [0.3, 0.4) is 0 Å². The molecule has 5 heteroatoms. The molecular formula is C12H19N3O2. The number of nitrogens with one attached hydrogen (secondary N) is 2. The van der Waals surface area contributed by atoms with Crippen LogP contribution in [0, 0.1) is 0 Å². The van der Waals surface area contributed by atoms with Crippen molar-refractivity contribution in [2.45, 2.75) is 19.4 Å². The van der Waals surface area contributed by atoms with Crippen LogP contribution in [0.1, 0.15) is 23.7 Å². The number of amides is 1. The summed E-state index contributed by atoms with van der Waals surface area (Å²) in [5, 5.41) is 5.87. The topological polar surface area (TPSA) is 63.2 Å². The van der Waals surface area contributed by atoms with Gasteiger partial charge >= 0.3 is 0 Å². The molecular weight excluding hydrogens is 218 g/mol. The SMILES string of the molecule is CNc1ccncc1C(=O)NC(C)CCOC. The van der Waals surface area contributed by atoms with Gasteiger partial charge in [-0.2, -0.15) is 0 Å². The highest BCUT2D eigenvalue weighted by atomic mass is 16.5. The van der Waals surface area contributed by atoms with Crippen molar-refractivity contribution in [1.82, 2.24) is 10.3 Å². The predicted molar refractivity (Wildman–Crippen MR) is 67.2 cm³/mol. The summed E-state index contributed by atoms with van der Waals surface area (Å²) in [7, 11) is 3.43. The van der Waals surface area contributed by atoms with Gasteiger partial charge in [-0.1, -0.05) is 0 Å². The van der Waals surface area contributed by atoms with Crippen molar-refractivity contribution in [3.63, 3.8) is 0 Å². The summed E-state index contributed by atoms with van der Waals surface area (Å²) >= 11 is 0. The van der Waals surface area contributed by atoms with Gasteiger partial charge in [0.15, 0.2) is 0 Å². The lowest BCUT2D eigenvalue weighted by Crippen LogP contribution is -2.33. The monoisotopic (exact) mass is 237 g/mol. The van der Waals surface area contributed by atoms with Crippen molar-refractivity contribution < 1.29 is 9.53 Å². The highest BCUT2D eigenvalue weighted by Gasteiger charge is 2.13. The van der Waals surface area contributed by atoms with E-state index in [2.05, 4.69) is 15.6 Å². The molecule has 2 N–H and O–H groups in total. The molecule has 17 heavy (non-hydrogen) atoms. The molecule has 0 saturated carbocycles. The van der Waals surface area contributed by atoms with Crippen molar-refractivity contribution >= 4 is 11.6 Å². The molecule has 0 aromatic carbocycles. The largest absolute Gasteiger partial charge is 0.387 e. The van der Waals surface area contributed by atoms with E-state index < -0.39 is 0 Å². The van der Waals surface area contributed by atoms with Crippen molar-refractivity contribution in [3.05, 3.63) is 24.0 Å². The fourth-order valence-electron chi connectivity index (χ4n) is 1.46. The number of ether oxygens (including phenoxy) is 1. The molecule has 0 spiro atoms. The summed E-state index contributed by atoms with van der Waals surface area (Å²) in [6, 6.07) is 1.85. The standard InChI is InChI=1S/C12H19N3O2/c1-9(5-7-17-3)15-12(16)10-8-14-6-4-11(10)13-2/h4,6,8-9H,5,7H2,1-3H3,(H,13,14)(H,15,16). The first-order valence-corrected chi connectivity index (χ1v) is 5.60. The van der Waals surface area contributed by atoms with Crippen LogP contribution in [0.5, 0.6) is 0 Å². The smallest absolute Gasteiger partial charge is 0.255 e. The maximum atomic E-state index is 12.0. The number of carbonyl (C=O) groups excluding carboxylic acids is 1. The summed E-state index contributed by atoms with van der Waals surface area (Å²) in [6.07, 6.45) is 4.00. The molecule has 0 aliphatic heterocycles. The molecule has 0 bridgehead atoms. The Balaban J connectivity index is 2.63. The highest BCUT2D eigenvalue weighted by Crippen LogP contribution is 2.12. The second-order valence-corrected chi connectivity index (χ2v) is 3.83. The molecule has 0 fully saturated rings. The zero-order valence-electron chi connectivity index (χ0n) is 10.5. The Bertz CT molecular complexity index is 369. The highest BCUT2D eigenvalue weighted by molar-refractivity contribution is 5.99. The van der Waals surface area contributed by atoms with Crippen LogP contribution in [0.2, 0.25) is 0 Å². The Morgan fingerprint density at radius 1 is 1.59 bits per heavy atom. The minimum atomic E-state index is -0.119. The third-order valence-electron chi connectivity index (χ3n) is 2.47. The second kappa shape index (κ2) is 6.85. The Labute approximate surface area is 102 Å². The van der Waals surface area contributed by atoms with Crippen molar-refractivity contribution in [1.29, 1.82) is 0 Å². The summed E-state index contributed by atoms with van der Waals surface area (Å²) in [5.74, 6) is -0.119. The van der Waals surface area contributed by atoms with Gasteiger partial charge in [0.25, 0.3) is 5.91 Å². The van der Waals surface area contributed by atoms with Gasteiger partial charge in [0.1, 0.15) is 0 Å². The number of pyridine rings is 1. The van der Waals surface area contributed by atoms with Crippen molar-refractivity contribution in [3.8, 4) is 0 Å². The molecule has 0 aliphatic rings. The van der Waals surface area contributed by atoms with E-state index in [-0.39, 0.29) is 11.9 Å². The first-order chi connectivity index (χ1) is 8.19. The Morgan fingerprint density at radius 2 is 2.35 bits per heavy atom. The Hall–Kier alpha value is -1.62. The van der Waals surface area contributed by atoms with Crippen LogP contribution in [0.15, 0.2) is 18.5 Å². The van der Waals surface area contributed by atoms with Crippen LogP contribution < -0.4 is 10.6 Å². The van der Waals surface area contributed by atoms with E-state index >= 15 is 0 Å². The van der Waals surface area contributed by atoms with Crippen molar-refractivity contribution in [2.75, 3.05) is 26.1 Å². The molecule has 1 aromatic rings. The number of aromatic nitrogens is 1. The Morgan fingerprint density at radius 3 is 3.00 bits per heavy atom. The molecule has 0 saturated heterocycles. The molecule has 1 amide bonds. The van der Waals surface area contributed by atoms with Gasteiger partial charge in [-0.25, -0.2) is 0 Å². The van der Waals surface area contributed by atoms with Crippen LogP contribution in [-0.2, 0) is 4.74 Å². The fraction of sp³-hybridized carbons (Fsp3) is 0.500. The number of anilines is 1. The molecule has 0 radical (unpaired) electrons. The molecule has 5 nitrogen and oxygen atoms in total. The lowest BCUT2D eigenvalue weighted by molar-refractivity contribution is 0.0930. The van der Waals surface area contributed by atoms with E-state index in [0.29, 0.717) is 12.2 Å². The molecule has 1 aromatic heterocycles. The minimum Gasteiger partial charge on any atom is -0.387 e. The lowest BCUT2D eigenvalue weighted by atomic mass is 10.2. The number of nitrogens with zero attached hydrogens (tertiary/aromatic N) is 1. The van der Waals surface area contributed by atoms with E-state index in [4.69, 9.17) is 4.74 Å². The first kappa shape index (κ1) is 13.4. The average Bonchev–Trinajstić information content (AvgIpc) is 2.36. The molecule has 1 rings (SSSR count). The lowest BCUT2D eigenvalue weighted by Gasteiger charge is -2.14. The summed E-state index contributed by atoms with van der Waals surface area (Å²) in [5.41, 5.74) is 1.33. The molecule has 1 unspecified atom stereocenters. The van der Waals surface area contributed by atoms with Crippen LogP contribution in [0.25, 0.3) is 0 Å². The fourth-order valence-corrected chi connectivity index (χ4v) is 1.46. The van der Waals surface area contributed by atoms with Crippen molar-refractivity contribution in [2.24, 2.45) is 0 Å². The second-order valence-electron chi connectivity index (χ2n) is 3.83. The van der Waals surface area contributed by atoms with Gasteiger partial charge in [-0.15, -0.1) is 0 Å². The van der Waals surface area contributed by atoms with Gasteiger partial charge in [0.2, 0.25) is 0 Å². The average molecular weight is 237 g/mol. The predicted octanol–water partition coefficient (Wildman–Crippen LogP) is 1.28. The summed E-state index contributed by atoms with van der Waals surface area (Å²) < 4.78 is 4.97. The first-order valence-electron chi connectivity index (χ1n) is 5.60. The summed E-state index contributed by atoms with van der Waals surface area (Å²) in [4.78, 5) is 15.9. The van der Waals surface area contributed by atoms with Crippen LogP contribution in [0.4, 0.5) is 5.69 Å². The number of hydrogen-bond donors (Lipinski definition) is 2. The third kappa shape index (κ3) is 4.03. The number of hydrogen-bond acceptors (Lipinski definition) is 4. The number of carbonyl (C=O) groups is 1. The van der Waals surface area contributed by atoms with E-state index in [1.165, 1.54) is 0 Å². The minimum absolute atomic E-state index is 0.0763. The third-order valence-corrected chi connectivity index (χ3v) is 2.47. The summed E-state index contributed by atoms with van der Waals surface area (Å²) in [6.45, 7) is 2.58. The van der Waals surface area contributed by atoms with E-state index in [0.717, 1.165) is 12.1 Å². The van der Waals surface area contributed by atoms with E-state index in [9.17, 15) is 4.79 Å². The Kier molecular flexibility index (Phi) is 5.42. The van der Waals surface area contributed by atoms with Gasteiger partial charge in [-0.05, 0) is 19.4 Å². The number of rotatable bonds is 6. The van der Waals surface area contributed by atoms with Crippen LogP contribution in [-0.4, -0.2) is 37.7 Å². The number of methoxy groups -OCH3 is 1. The zero-order valence-corrected chi connectivity index (χ0v) is 10.5. The molecule has 0 aliphatic carbocycles. The molecule has 1 atom stereocenters. The zero-order chi connectivity index (χ0) is 12.7. The van der Waals surface area contributed by atoms with Gasteiger partial charge in [0, 0.05) is 44.9 Å². The van der Waals surface area contributed by atoms with E-state index in [1.807, 2.05) is 6.92 Å². The van der Waals surface area contributed by atoms with Gasteiger partial charge in [-0.3, -0.25) is 9.78 Å². The maximum Gasteiger partial charge on any atom is 0.255 e. The quantitative estimate of drug-likeness (QED) is 0.782. The molecule has 94 valence electrons. The van der Waals surface area contributed by atoms with Gasteiger partial charge in [0.05, 0.1) is 5.56 Å². The van der Waals surface area contributed by atoms with E-state index in [1.54, 1.807) is 32.6 Å². The normalized spacial score (nSPS) is 11.9. The molecule has 1 heterocycles.